The van der Waals surface area contributed by atoms with Crippen molar-refractivity contribution < 1.29 is 4.79 Å². The van der Waals surface area contributed by atoms with E-state index in [9.17, 15) is 10.1 Å². The summed E-state index contributed by atoms with van der Waals surface area (Å²) in [6.45, 7) is 15.6. The zero-order valence-electron chi connectivity index (χ0n) is 17.2. The highest BCUT2D eigenvalue weighted by Crippen LogP contribution is 2.68. The monoisotopic (exact) mass is 372 g/mol. The van der Waals surface area contributed by atoms with E-state index in [1.165, 1.54) is 16.9 Å². The molecule has 1 aromatic rings. The van der Waals surface area contributed by atoms with Gasteiger partial charge in [0.25, 0.3) is 0 Å². The summed E-state index contributed by atoms with van der Waals surface area (Å²) in [6.07, 6.45) is 4.29. The van der Waals surface area contributed by atoms with Crippen LogP contribution in [0.2, 0.25) is 0 Å². The molecule has 1 N–H and O–H groups in total. The van der Waals surface area contributed by atoms with Gasteiger partial charge in [-0.1, -0.05) is 54.9 Å². The van der Waals surface area contributed by atoms with Gasteiger partial charge in [0.15, 0.2) is 0 Å². The zero-order valence-corrected chi connectivity index (χ0v) is 18.1. The normalized spacial score (nSPS) is 23.8. The molecule has 26 heavy (non-hydrogen) atoms. The lowest BCUT2D eigenvalue weighted by atomic mass is 9.69. The van der Waals surface area contributed by atoms with Gasteiger partial charge in [-0.05, 0) is 47.0 Å². The average Bonchev–Trinajstić information content (AvgIpc) is 2.83. The second-order valence-electron chi connectivity index (χ2n) is 9.97. The van der Waals surface area contributed by atoms with E-state index in [0.29, 0.717) is 16.9 Å². The molecule has 2 aliphatic rings. The first-order valence-corrected chi connectivity index (χ1v) is 10.6. The predicted octanol–water partition coefficient (Wildman–Crippen LogP) is 5.78. The molecule has 1 fully saturated rings. The summed E-state index contributed by atoms with van der Waals surface area (Å²) < 4.78 is 0. The second kappa shape index (κ2) is 6.09. The third kappa shape index (κ3) is 2.80. The van der Waals surface area contributed by atoms with Crippen molar-refractivity contribution >= 4 is 22.2 Å². The van der Waals surface area contributed by atoms with Crippen LogP contribution in [0.25, 0.3) is 0 Å². The van der Waals surface area contributed by atoms with Crippen LogP contribution >= 0.6 is 11.3 Å². The van der Waals surface area contributed by atoms with Gasteiger partial charge in [-0.15, -0.1) is 11.3 Å². The number of carbonyl (C=O) groups is 1. The quantitative estimate of drug-likeness (QED) is 0.728. The number of anilines is 1. The molecule has 3 rings (SSSR count). The third-order valence-electron chi connectivity index (χ3n) is 7.91. The molecule has 0 spiro atoms. The number of amides is 1. The summed E-state index contributed by atoms with van der Waals surface area (Å²) in [6, 6.07) is 2.37. The molecule has 1 atom stereocenters. The molecule has 1 saturated carbocycles. The van der Waals surface area contributed by atoms with E-state index in [1.807, 2.05) is 0 Å². The minimum absolute atomic E-state index is 0.00689. The number of carbonyl (C=O) groups excluding carboxylic acids is 1. The van der Waals surface area contributed by atoms with Gasteiger partial charge >= 0.3 is 0 Å². The van der Waals surface area contributed by atoms with Crippen molar-refractivity contribution in [2.24, 2.45) is 28.1 Å². The first-order valence-electron chi connectivity index (χ1n) is 9.82. The summed E-state index contributed by atoms with van der Waals surface area (Å²) in [5.41, 5.74) is 2.24. The summed E-state index contributed by atoms with van der Waals surface area (Å²) >= 11 is 1.64. The number of nitriles is 1. The fraction of sp³-hybridized carbons (Fsp3) is 0.727. The van der Waals surface area contributed by atoms with Crippen molar-refractivity contribution in [2.75, 3.05) is 5.32 Å². The molecule has 0 saturated heterocycles. The summed E-state index contributed by atoms with van der Waals surface area (Å²) in [5, 5.41) is 13.6. The second-order valence-corrected chi connectivity index (χ2v) is 11.1. The topological polar surface area (TPSA) is 52.9 Å². The maximum Gasteiger partial charge on any atom is 0.229 e. The number of rotatable bonds is 4. The Bertz CT molecular complexity index is 765. The fourth-order valence-electron chi connectivity index (χ4n) is 4.78. The highest BCUT2D eigenvalue weighted by Gasteiger charge is 2.68. The molecule has 0 radical (unpaired) electrons. The van der Waals surface area contributed by atoms with Gasteiger partial charge in [0.1, 0.15) is 11.1 Å². The highest BCUT2D eigenvalue weighted by molar-refractivity contribution is 7.16. The van der Waals surface area contributed by atoms with Gasteiger partial charge in [0.2, 0.25) is 5.91 Å². The van der Waals surface area contributed by atoms with Crippen molar-refractivity contribution in [1.82, 2.24) is 0 Å². The predicted molar refractivity (Wildman–Crippen MR) is 108 cm³/mol. The standard InChI is InChI=1S/C22H32N2OS/c1-8-20(2,3)13-9-10-14-15(12-23)19(26-16(14)11-13)24-18(25)17-21(4,5)22(17,6)7/h13,17H,8-11H2,1-7H3,(H,24,25)/t13-/m0/s1. The van der Waals surface area contributed by atoms with Crippen molar-refractivity contribution in [3.8, 4) is 6.07 Å². The Labute approximate surface area is 162 Å². The molecule has 1 amide bonds. The van der Waals surface area contributed by atoms with Gasteiger partial charge < -0.3 is 5.32 Å². The number of thiophene rings is 1. The lowest BCUT2D eigenvalue weighted by Crippen LogP contribution is -2.28. The van der Waals surface area contributed by atoms with Crippen LogP contribution in [-0.4, -0.2) is 5.91 Å². The smallest absolute Gasteiger partial charge is 0.229 e. The van der Waals surface area contributed by atoms with Crippen LogP contribution in [0, 0.1) is 39.4 Å². The molecular weight excluding hydrogens is 340 g/mol. The van der Waals surface area contributed by atoms with E-state index < -0.39 is 0 Å². The Balaban J connectivity index is 1.83. The number of hydrogen-bond acceptors (Lipinski definition) is 3. The number of fused-ring (bicyclic) bond motifs is 1. The van der Waals surface area contributed by atoms with Gasteiger partial charge in [0, 0.05) is 10.8 Å². The van der Waals surface area contributed by atoms with Gasteiger partial charge in [-0.25, -0.2) is 0 Å². The maximum atomic E-state index is 12.8. The van der Waals surface area contributed by atoms with E-state index in [0.717, 1.165) is 24.3 Å². The Morgan fingerprint density at radius 1 is 1.31 bits per heavy atom. The Morgan fingerprint density at radius 3 is 2.42 bits per heavy atom. The first-order chi connectivity index (χ1) is 12.0. The zero-order chi connectivity index (χ0) is 19.5. The van der Waals surface area contributed by atoms with E-state index in [1.54, 1.807) is 11.3 Å². The van der Waals surface area contributed by atoms with Gasteiger partial charge in [-0.3, -0.25) is 4.79 Å². The van der Waals surface area contributed by atoms with Gasteiger partial charge in [-0.2, -0.15) is 5.26 Å². The van der Waals surface area contributed by atoms with Gasteiger partial charge in [0.05, 0.1) is 5.56 Å². The highest BCUT2D eigenvalue weighted by atomic mass is 32.1. The van der Waals surface area contributed by atoms with Crippen molar-refractivity contribution in [1.29, 1.82) is 5.26 Å². The number of hydrogen-bond donors (Lipinski definition) is 1. The molecule has 0 unspecified atom stereocenters. The van der Waals surface area contributed by atoms with Crippen molar-refractivity contribution in [3.63, 3.8) is 0 Å². The molecular formula is C22H32N2OS. The Hall–Kier alpha value is -1.34. The Kier molecular flexibility index (Phi) is 4.55. The minimum Gasteiger partial charge on any atom is -0.316 e. The largest absolute Gasteiger partial charge is 0.316 e. The molecule has 1 aromatic heterocycles. The molecule has 1 heterocycles. The minimum atomic E-state index is 0.00689. The third-order valence-corrected chi connectivity index (χ3v) is 9.08. The van der Waals surface area contributed by atoms with Crippen LogP contribution in [0.3, 0.4) is 0 Å². The molecule has 0 aliphatic heterocycles. The molecule has 142 valence electrons. The van der Waals surface area contributed by atoms with Crippen LogP contribution in [-0.2, 0) is 17.6 Å². The fourth-order valence-corrected chi connectivity index (χ4v) is 6.06. The SMILES string of the molecule is CCC(C)(C)[C@H]1CCc2c(sc(NC(=O)C3C(C)(C)C3(C)C)c2C#N)C1. The van der Waals surface area contributed by atoms with Crippen LogP contribution in [0.1, 0.15) is 77.3 Å². The summed E-state index contributed by atoms with van der Waals surface area (Å²) in [7, 11) is 0. The average molecular weight is 373 g/mol. The van der Waals surface area contributed by atoms with Crippen LogP contribution in [0.15, 0.2) is 0 Å². The molecule has 2 aliphatic carbocycles. The van der Waals surface area contributed by atoms with Crippen LogP contribution < -0.4 is 5.32 Å². The molecule has 3 nitrogen and oxygen atoms in total. The van der Waals surface area contributed by atoms with E-state index >= 15 is 0 Å². The lowest BCUT2D eigenvalue weighted by Gasteiger charge is -2.36. The molecule has 0 aromatic carbocycles. The van der Waals surface area contributed by atoms with E-state index in [4.69, 9.17) is 0 Å². The van der Waals surface area contributed by atoms with Crippen molar-refractivity contribution in [2.45, 2.75) is 74.1 Å². The van der Waals surface area contributed by atoms with E-state index in [-0.39, 0.29) is 22.7 Å². The summed E-state index contributed by atoms with van der Waals surface area (Å²) in [5.74, 6) is 0.725. The van der Waals surface area contributed by atoms with Crippen LogP contribution in [0.5, 0.6) is 0 Å². The first kappa shape index (κ1) is 19.4. The lowest BCUT2D eigenvalue weighted by molar-refractivity contribution is -0.118. The van der Waals surface area contributed by atoms with Crippen LogP contribution in [0.4, 0.5) is 5.00 Å². The maximum absolute atomic E-state index is 12.8. The summed E-state index contributed by atoms with van der Waals surface area (Å²) in [4.78, 5) is 14.2. The van der Waals surface area contributed by atoms with Crippen molar-refractivity contribution in [3.05, 3.63) is 16.0 Å². The molecule has 0 bridgehead atoms. The van der Waals surface area contributed by atoms with E-state index in [2.05, 4.69) is 59.9 Å². The molecule has 4 heteroatoms. The Morgan fingerprint density at radius 2 is 1.92 bits per heavy atom. The number of nitrogens with zero attached hydrogens (tertiary/aromatic N) is 1. The number of nitrogens with one attached hydrogen (secondary N) is 1.